The van der Waals surface area contributed by atoms with Gasteiger partial charge < -0.3 is 20.3 Å². The molecule has 138 valence electrons. The molecule has 1 aliphatic rings. The molecule has 4 atom stereocenters. The van der Waals surface area contributed by atoms with Crippen LogP contribution in [0.2, 0.25) is 0 Å². The number of carbonyl (C=O) groups excluding carboxylic acids is 1. The number of nitrogens with two attached hydrogens (primary N) is 1. The Hall–Kier alpha value is -2.75. The third-order valence-electron chi connectivity index (χ3n) is 4.24. The number of ether oxygens (including phenoxy) is 2. The van der Waals surface area contributed by atoms with E-state index in [2.05, 4.69) is 4.98 Å². The molecule has 0 radical (unpaired) electrons. The molecule has 4 N–H and O–H groups in total. The fraction of sp³-hybridized carbons (Fsp3) is 0.353. The second-order valence-corrected chi connectivity index (χ2v) is 6.04. The Morgan fingerprint density at radius 2 is 2.04 bits per heavy atom. The molecule has 1 aliphatic heterocycles. The number of aromatic nitrogens is 2. The van der Waals surface area contributed by atoms with Gasteiger partial charge in [-0.2, -0.15) is 0 Å². The lowest BCUT2D eigenvalue weighted by molar-refractivity contribution is -0.0524. The zero-order chi connectivity index (χ0) is 18.8. The molecular formula is C17H19N3O6. The van der Waals surface area contributed by atoms with Crippen LogP contribution in [0.25, 0.3) is 0 Å². The molecule has 1 saturated heterocycles. The summed E-state index contributed by atoms with van der Waals surface area (Å²) in [5.74, 6) is -0.612. The quantitative estimate of drug-likeness (QED) is 0.612. The molecule has 9 nitrogen and oxygen atoms in total. The van der Waals surface area contributed by atoms with Gasteiger partial charge in [-0.15, -0.1) is 0 Å². The third kappa shape index (κ3) is 3.32. The summed E-state index contributed by atoms with van der Waals surface area (Å²) >= 11 is 0. The van der Waals surface area contributed by atoms with Crippen molar-refractivity contribution in [3.05, 3.63) is 68.5 Å². The van der Waals surface area contributed by atoms with E-state index in [1.165, 1.54) is 13.1 Å². The molecule has 0 unspecified atom stereocenters. The molecule has 3 rings (SSSR count). The first kappa shape index (κ1) is 18.1. The summed E-state index contributed by atoms with van der Waals surface area (Å²) in [6.07, 6.45) is -1.54. The second kappa shape index (κ2) is 7.24. The number of aliphatic hydroxyl groups is 1. The monoisotopic (exact) mass is 361 g/mol. The number of esters is 1. The van der Waals surface area contributed by atoms with Crippen molar-refractivity contribution in [1.82, 2.24) is 9.55 Å². The first-order valence-corrected chi connectivity index (χ1v) is 8.02. The topological polar surface area (TPSA) is 137 Å². The van der Waals surface area contributed by atoms with Gasteiger partial charge in [-0.1, -0.05) is 18.2 Å². The van der Waals surface area contributed by atoms with Crippen molar-refractivity contribution in [1.29, 1.82) is 0 Å². The number of H-pyrrole nitrogens is 1. The summed E-state index contributed by atoms with van der Waals surface area (Å²) in [5.41, 5.74) is 5.56. The van der Waals surface area contributed by atoms with Crippen LogP contribution in [0.15, 0.2) is 46.1 Å². The number of hydrogen-bond donors (Lipinski definition) is 3. The van der Waals surface area contributed by atoms with Crippen molar-refractivity contribution in [3.63, 3.8) is 0 Å². The number of nitrogens with zero attached hydrogens (tertiary/aromatic N) is 1. The SMILES string of the molecule is Cc1cn([C@@H]2O[C@H](CO)[C@H](OC(=O)c3ccccc3)[C@H]2N)c(=O)[nH]c1=O. The van der Waals surface area contributed by atoms with E-state index in [9.17, 15) is 19.5 Å². The van der Waals surface area contributed by atoms with Gasteiger partial charge in [-0.05, 0) is 19.1 Å². The average Bonchev–Trinajstić information content (AvgIpc) is 2.94. The molecule has 0 bridgehead atoms. The molecule has 0 amide bonds. The second-order valence-electron chi connectivity index (χ2n) is 6.04. The van der Waals surface area contributed by atoms with Gasteiger partial charge in [0.2, 0.25) is 0 Å². The van der Waals surface area contributed by atoms with Crippen LogP contribution in [-0.4, -0.2) is 45.5 Å². The van der Waals surface area contributed by atoms with Crippen molar-refractivity contribution >= 4 is 5.97 Å². The number of hydrogen-bond acceptors (Lipinski definition) is 7. The lowest BCUT2D eigenvalue weighted by Gasteiger charge is -2.21. The molecule has 1 aromatic carbocycles. The Morgan fingerprint density at radius 1 is 1.35 bits per heavy atom. The molecule has 0 aliphatic carbocycles. The number of carbonyl (C=O) groups is 1. The lowest BCUT2D eigenvalue weighted by atomic mass is 10.1. The first-order valence-electron chi connectivity index (χ1n) is 8.02. The van der Waals surface area contributed by atoms with Crippen molar-refractivity contribution in [2.45, 2.75) is 31.4 Å². The van der Waals surface area contributed by atoms with Crippen molar-refractivity contribution in [2.75, 3.05) is 6.61 Å². The van der Waals surface area contributed by atoms with Gasteiger partial charge in [0.05, 0.1) is 18.2 Å². The maximum absolute atomic E-state index is 12.3. The van der Waals surface area contributed by atoms with Gasteiger partial charge in [-0.25, -0.2) is 9.59 Å². The van der Waals surface area contributed by atoms with Gasteiger partial charge in [0, 0.05) is 11.8 Å². The molecule has 0 spiro atoms. The zero-order valence-electron chi connectivity index (χ0n) is 14.0. The van der Waals surface area contributed by atoms with Gasteiger partial charge >= 0.3 is 11.7 Å². The summed E-state index contributed by atoms with van der Waals surface area (Å²) in [5, 5.41) is 9.55. The van der Waals surface area contributed by atoms with E-state index in [4.69, 9.17) is 15.2 Å². The van der Waals surface area contributed by atoms with Crippen molar-refractivity contribution in [2.24, 2.45) is 5.73 Å². The molecule has 9 heteroatoms. The van der Waals surface area contributed by atoms with Gasteiger partial charge in [-0.3, -0.25) is 14.3 Å². The summed E-state index contributed by atoms with van der Waals surface area (Å²) in [4.78, 5) is 38.0. The number of aromatic amines is 1. The minimum absolute atomic E-state index is 0.297. The van der Waals surface area contributed by atoms with E-state index < -0.39 is 48.3 Å². The maximum atomic E-state index is 12.3. The molecule has 0 saturated carbocycles. The normalized spacial score (nSPS) is 25.2. The van der Waals surface area contributed by atoms with Crippen LogP contribution in [0.1, 0.15) is 22.1 Å². The van der Waals surface area contributed by atoms with Crippen molar-refractivity contribution < 1.29 is 19.4 Å². The highest BCUT2D eigenvalue weighted by Crippen LogP contribution is 2.29. The molecule has 1 aromatic heterocycles. The minimum atomic E-state index is -0.997. The fourth-order valence-electron chi connectivity index (χ4n) is 2.85. The maximum Gasteiger partial charge on any atom is 0.338 e. The largest absolute Gasteiger partial charge is 0.454 e. The van der Waals surface area contributed by atoms with Crippen LogP contribution < -0.4 is 17.0 Å². The predicted octanol–water partition coefficient (Wildman–Crippen LogP) is -0.712. The van der Waals surface area contributed by atoms with Crippen molar-refractivity contribution in [3.8, 4) is 0 Å². The molecule has 26 heavy (non-hydrogen) atoms. The summed E-state index contributed by atoms with van der Waals surface area (Å²) in [6, 6.07) is 7.41. The third-order valence-corrected chi connectivity index (χ3v) is 4.24. The average molecular weight is 361 g/mol. The Labute approximate surface area is 148 Å². The smallest absolute Gasteiger partial charge is 0.338 e. The number of nitrogens with one attached hydrogen (secondary N) is 1. The Kier molecular flexibility index (Phi) is 5.03. The highest BCUT2D eigenvalue weighted by atomic mass is 16.6. The predicted molar refractivity (Wildman–Crippen MR) is 90.7 cm³/mol. The summed E-state index contributed by atoms with van der Waals surface area (Å²) in [7, 11) is 0. The van der Waals surface area contributed by atoms with Crippen LogP contribution in [0.5, 0.6) is 0 Å². The van der Waals surface area contributed by atoms with Gasteiger partial charge in [0.1, 0.15) is 12.2 Å². The Balaban J connectivity index is 1.87. The molecule has 2 aromatic rings. The van der Waals surface area contributed by atoms with Crippen LogP contribution in [-0.2, 0) is 9.47 Å². The summed E-state index contributed by atoms with van der Waals surface area (Å²) in [6.45, 7) is 1.08. The molecular weight excluding hydrogens is 342 g/mol. The van der Waals surface area contributed by atoms with Gasteiger partial charge in [0.25, 0.3) is 5.56 Å². The number of rotatable bonds is 4. The molecule has 1 fully saturated rings. The summed E-state index contributed by atoms with van der Waals surface area (Å²) < 4.78 is 12.2. The molecule has 2 heterocycles. The first-order chi connectivity index (χ1) is 12.4. The van der Waals surface area contributed by atoms with E-state index in [-0.39, 0.29) is 0 Å². The van der Waals surface area contributed by atoms with E-state index >= 15 is 0 Å². The zero-order valence-corrected chi connectivity index (χ0v) is 14.0. The Morgan fingerprint density at radius 3 is 2.69 bits per heavy atom. The van der Waals surface area contributed by atoms with Crippen LogP contribution in [0.3, 0.4) is 0 Å². The van der Waals surface area contributed by atoms with Crippen LogP contribution >= 0.6 is 0 Å². The standard InChI is InChI=1S/C17H19N3O6/c1-9-7-20(17(24)19-14(9)22)15-12(18)13(11(8-21)25-15)26-16(23)10-5-3-2-4-6-10/h2-7,11-13,15,21H,8,18H2,1H3,(H,19,22,24)/t11-,12-,13+,15-/m1/s1. The fourth-order valence-corrected chi connectivity index (χ4v) is 2.85. The highest BCUT2D eigenvalue weighted by Gasteiger charge is 2.46. The van der Waals surface area contributed by atoms with Gasteiger partial charge in [0.15, 0.2) is 6.23 Å². The van der Waals surface area contributed by atoms with Crippen LogP contribution in [0, 0.1) is 6.92 Å². The minimum Gasteiger partial charge on any atom is -0.454 e. The lowest BCUT2D eigenvalue weighted by Crippen LogP contribution is -2.45. The number of aliphatic hydroxyl groups excluding tert-OH is 1. The number of aryl methyl sites for hydroxylation is 1. The Bertz CT molecular complexity index is 907. The van der Waals surface area contributed by atoms with E-state index in [0.29, 0.717) is 11.1 Å². The number of benzene rings is 1. The van der Waals surface area contributed by atoms with Crippen LogP contribution in [0.4, 0.5) is 0 Å². The van der Waals surface area contributed by atoms with E-state index in [1.54, 1.807) is 30.3 Å². The van der Waals surface area contributed by atoms with E-state index in [0.717, 1.165) is 4.57 Å². The van der Waals surface area contributed by atoms with E-state index in [1.807, 2.05) is 0 Å². The highest BCUT2D eigenvalue weighted by molar-refractivity contribution is 5.89.